The second-order valence-electron chi connectivity index (χ2n) is 4.08. The first-order chi connectivity index (χ1) is 9.21. The van der Waals surface area contributed by atoms with Crippen molar-refractivity contribution in [1.82, 2.24) is 0 Å². The standard InChI is InChI=1S/C12H6Cl6O2/c13-4-2-1-3-12(20,11(4)19)5-6(14)8(16)10(18)9(17)7(5)15/h1-3,11,19-20H. The van der Waals surface area contributed by atoms with E-state index in [0.29, 0.717) is 0 Å². The lowest BCUT2D eigenvalue weighted by molar-refractivity contribution is -0.0217. The molecular weight excluding hydrogens is 389 g/mol. The third kappa shape index (κ3) is 2.47. The van der Waals surface area contributed by atoms with Gasteiger partial charge in [-0.15, -0.1) is 0 Å². The molecule has 1 aromatic rings. The number of benzene rings is 1. The summed E-state index contributed by atoms with van der Waals surface area (Å²) in [7, 11) is 0. The Kier molecular flexibility index (Phi) is 4.90. The van der Waals surface area contributed by atoms with Crippen LogP contribution in [0.3, 0.4) is 0 Å². The van der Waals surface area contributed by atoms with Crippen molar-refractivity contribution in [2.24, 2.45) is 0 Å². The summed E-state index contributed by atoms with van der Waals surface area (Å²) < 4.78 is 0. The first kappa shape index (κ1) is 16.7. The molecule has 0 radical (unpaired) electrons. The Labute approximate surface area is 145 Å². The molecule has 108 valence electrons. The molecule has 0 heterocycles. The van der Waals surface area contributed by atoms with Crippen LogP contribution >= 0.6 is 69.6 Å². The van der Waals surface area contributed by atoms with Crippen molar-refractivity contribution in [2.75, 3.05) is 0 Å². The lowest BCUT2D eigenvalue weighted by Gasteiger charge is -2.34. The summed E-state index contributed by atoms with van der Waals surface area (Å²) in [6, 6.07) is 0. The second kappa shape index (κ2) is 5.86. The van der Waals surface area contributed by atoms with Crippen molar-refractivity contribution in [3.63, 3.8) is 0 Å². The fourth-order valence-corrected chi connectivity index (χ4v) is 3.54. The highest BCUT2D eigenvalue weighted by Gasteiger charge is 2.43. The van der Waals surface area contributed by atoms with Crippen LogP contribution in [0.2, 0.25) is 25.1 Å². The molecule has 2 N–H and O–H groups in total. The van der Waals surface area contributed by atoms with E-state index in [4.69, 9.17) is 69.6 Å². The van der Waals surface area contributed by atoms with Gasteiger partial charge in [-0.05, 0) is 12.2 Å². The Hall–Kier alpha value is 0.360. The van der Waals surface area contributed by atoms with E-state index in [2.05, 4.69) is 0 Å². The molecule has 2 atom stereocenters. The second-order valence-corrected chi connectivity index (χ2v) is 6.41. The van der Waals surface area contributed by atoms with Crippen LogP contribution in [-0.4, -0.2) is 16.3 Å². The van der Waals surface area contributed by atoms with E-state index in [1.807, 2.05) is 0 Å². The molecule has 0 aliphatic heterocycles. The third-order valence-corrected chi connectivity index (χ3v) is 5.50. The molecule has 2 rings (SSSR count). The number of aliphatic hydroxyl groups is 2. The summed E-state index contributed by atoms with van der Waals surface area (Å²) in [6.45, 7) is 0. The van der Waals surface area contributed by atoms with Crippen LogP contribution in [0.15, 0.2) is 23.3 Å². The maximum atomic E-state index is 10.7. The Balaban J connectivity index is 2.77. The minimum atomic E-state index is -1.96. The lowest BCUT2D eigenvalue weighted by Crippen LogP contribution is -2.40. The topological polar surface area (TPSA) is 40.5 Å². The highest BCUT2D eigenvalue weighted by molar-refractivity contribution is 6.55. The normalized spacial score (nSPS) is 25.8. The van der Waals surface area contributed by atoms with Gasteiger partial charge in [0.15, 0.2) is 0 Å². The van der Waals surface area contributed by atoms with Gasteiger partial charge in [0.25, 0.3) is 0 Å². The van der Waals surface area contributed by atoms with E-state index < -0.39 is 11.7 Å². The zero-order valence-electron chi connectivity index (χ0n) is 9.47. The third-order valence-electron chi connectivity index (χ3n) is 2.89. The van der Waals surface area contributed by atoms with E-state index in [1.54, 1.807) is 0 Å². The molecule has 1 aliphatic rings. The van der Waals surface area contributed by atoms with Crippen molar-refractivity contribution in [3.05, 3.63) is 53.9 Å². The zero-order chi connectivity index (χ0) is 15.2. The molecule has 1 aromatic carbocycles. The van der Waals surface area contributed by atoms with Crippen LogP contribution in [0.1, 0.15) is 5.56 Å². The molecule has 0 fully saturated rings. The Morgan fingerprint density at radius 1 is 0.850 bits per heavy atom. The van der Waals surface area contributed by atoms with Gasteiger partial charge in [0, 0.05) is 5.56 Å². The van der Waals surface area contributed by atoms with E-state index in [9.17, 15) is 10.2 Å². The van der Waals surface area contributed by atoms with Crippen LogP contribution < -0.4 is 0 Å². The maximum absolute atomic E-state index is 10.7. The average Bonchev–Trinajstić information content (AvgIpc) is 2.40. The number of hydrogen-bond acceptors (Lipinski definition) is 2. The van der Waals surface area contributed by atoms with E-state index in [-0.39, 0.29) is 35.7 Å². The summed E-state index contributed by atoms with van der Waals surface area (Å²) in [6.07, 6.45) is 2.72. The van der Waals surface area contributed by atoms with Gasteiger partial charge >= 0.3 is 0 Å². The van der Waals surface area contributed by atoms with Gasteiger partial charge in [0.1, 0.15) is 11.7 Å². The Morgan fingerprint density at radius 2 is 1.30 bits per heavy atom. The highest BCUT2D eigenvalue weighted by Crippen LogP contribution is 2.50. The lowest BCUT2D eigenvalue weighted by atomic mass is 9.85. The predicted molar refractivity (Wildman–Crippen MR) is 84.5 cm³/mol. The molecule has 1 aliphatic carbocycles. The summed E-state index contributed by atoms with van der Waals surface area (Å²) >= 11 is 35.8. The van der Waals surface area contributed by atoms with Crippen LogP contribution in [0.4, 0.5) is 0 Å². The maximum Gasteiger partial charge on any atom is 0.142 e. The predicted octanol–water partition coefficient (Wildman–Crippen LogP) is 5.19. The molecule has 2 unspecified atom stereocenters. The smallest absolute Gasteiger partial charge is 0.142 e. The number of rotatable bonds is 1. The van der Waals surface area contributed by atoms with Gasteiger partial charge in [-0.1, -0.05) is 75.7 Å². The van der Waals surface area contributed by atoms with Gasteiger partial charge in [0.2, 0.25) is 0 Å². The van der Waals surface area contributed by atoms with Crippen LogP contribution in [0, 0.1) is 0 Å². The summed E-state index contributed by atoms with van der Waals surface area (Å²) in [5.41, 5.74) is -2.02. The molecule has 20 heavy (non-hydrogen) atoms. The molecule has 2 nitrogen and oxygen atoms in total. The summed E-state index contributed by atoms with van der Waals surface area (Å²) in [4.78, 5) is 0. The molecule has 8 heteroatoms. The van der Waals surface area contributed by atoms with Gasteiger partial charge in [-0.25, -0.2) is 0 Å². The molecular formula is C12H6Cl6O2. The minimum Gasteiger partial charge on any atom is -0.384 e. The van der Waals surface area contributed by atoms with E-state index in [1.165, 1.54) is 18.2 Å². The van der Waals surface area contributed by atoms with Crippen molar-refractivity contribution >= 4 is 69.6 Å². The van der Waals surface area contributed by atoms with Crippen molar-refractivity contribution in [2.45, 2.75) is 11.7 Å². The molecule has 0 saturated carbocycles. The summed E-state index contributed by atoms with van der Waals surface area (Å²) in [5, 5.41) is 20.4. The first-order valence-electron chi connectivity index (χ1n) is 5.19. The Morgan fingerprint density at radius 3 is 1.80 bits per heavy atom. The largest absolute Gasteiger partial charge is 0.384 e. The van der Waals surface area contributed by atoms with Gasteiger partial charge < -0.3 is 10.2 Å². The molecule has 0 amide bonds. The number of halogens is 6. The minimum absolute atomic E-state index is 0.0179. The van der Waals surface area contributed by atoms with E-state index in [0.717, 1.165) is 0 Å². The first-order valence-corrected chi connectivity index (χ1v) is 7.45. The quantitative estimate of drug-likeness (QED) is 0.508. The molecule has 0 spiro atoms. The van der Waals surface area contributed by atoms with Crippen molar-refractivity contribution in [1.29, 1.82) is 0 Å². The number of allylic oxidation sites excluding steroid dienone is 2. The summed E-state index contributed by atoms with van der Waals surface area (Å²) in [5.74, 6) is 0. The number of hydrogen-bond donors (Lipinski definition) is 2. The fourth-order valence-electron chi connectivity index (χ4n) is 1.86. The van der Waals surface area contributed by atoms with Gasteiger partial charge in [-0.3, -0.25) is 0 Å². The van der Waals surface area contributed by atoms with Crippen LogP contribution in [0.5, 0.6) is 0 Å². The Bertz CT molecular complexity index is 610. The average molecular weight is 395 g/mol. The monoisotopic (exact) mass is 392 g/mol. The van der Waals surface area contributed by atoms with Gasteiger partial charge in [-0.2, -0.15) is 0 Å². The fraction of sp³-hybridized carbons (Fsp3) is 0.167. The molecule has 0 saturated heterocycles. The van der Waals surface area contributed by atoms with Crippen molar-refractivity contribution < 1.29 is 10.2 Å². The van der Waals surface area contributed by atoms with Gasteiger partial charge in [0.05, 0.1) is 30.1 Å². The highest BCUT2D eigenvalue weighted by atomic mass is 35.5. The molecule has 0 bridgehead atoms. The zero-order valence-corrected chi connectivity index (χ0v) is 14.0. The SMILES string of the molecule is OC1C(Cl)=CC=CC1(O)c1c(Cl)c(Cl)c(Cl)c(Cl)c1Cl. The number of aliphatic hydroxyl groups excluding tert-OH is 1. The van der Waals surface area contributed by atoms with E-state index >= 15 is 0 Å². The van der Waals surface area contributed by atoms with Crippen molar-refractivity contribution in [3.8, 4) is 0 Å². The van der Waals surface area contributed by atoms with Crippen LogP contribution in [-0.2, 0) is 5.60 Å². The van der Waals surface area contributed by atoms with Crippen LogP contribution in [0.25, 0.3) is 0 Å². The molecule has 0 aromatic heterocycles.